The summed E-state index contributed by atoms with van der Waals surface area (Å²) in [5, 5.41) is 2.51. The molecule has 1 amide bonds. The molecule has 1 N–H and O–H groups in total. The van der Waals surface area contributed by atoms with Gasteiger partial charge in [0.1, 0.15) is 17.4 Å². The largest absolute Gasteiger partial charge is 0.490 e. The molecule has 0 spiro atoms. The van der Waals surface area contributed by atoms with Crippen LogP contribution in [0.25, 0.3) is 0 Å². The van der Waals surface area contributed by atoms with Gasteiger partial charge in [0.15, 0.2) is 11.6 Å². The highest BCUT2D eigenvalue weighted by Crippen LogP contribution is 2.40. The summed E-state index contributed by atoms with van der Waals surface area (Å²) in [4.78, 5) is 13.8. The second-order valence-corrected chi connectivity index (χ2v) is 11.2. The third-order valence-corrected chi connectivity index (χ3v) is 7.04. The number of hydrogen-bond acceptors (Lipinski definition) is 3. The number of amides is 1. The van der Waals surface area contributed by atoms with Gasteiger partial charge in [-0.15, -0.1) is 0 Å². The zero-order valence-electron chi connectivity index (χ0n) is 25.2. The Hall–Kier alpha value is -4.75. The Kier molecular flexibility index (Phi) is 10.6. The molecule has 4 rings (SSSR count). The molecule has 256 valence electrons. The van der Waals surface area contributed by atoms with Crippen molar-refractivity contribution in [2.75, 3.05) is 6.61 Å². The van der Waals surface area contributed by atoms with Gasteiger partial charge in [-0.2, -0.15) is 30.7 Å². The van der Waals surface area contributed by atoms with Crippen LogP contribution in [-0.2, 0) is 18.1 Å². The fraction of sp³-hybridized carbons (Fsp3) is 0.265. The van der Waals surface area contributed by atoms with E-state index in [1.165, 1.54) is 0 Å². The molecule has 0 aliphatic carbocycles. The Balaban J connectivity index is 2.01. The molecule has 0 aromatic heterocycles. The quantitative estimate of drug-likeness (QED) is 0.151. The third-order valence-electron chi connectivity index (χ3n) is 7.04. The summed E-state index contributed by atoms with van der Waals surface area (Å²) in [7, 11) is 0. The highest BCUT2D eigenvalue weighted by molar-refractivity contribution is 5.95. The second-order valence-electron chi connectivity index (χ2n) is 11.2. The van der Waals surface area contributed by atoms with Gasteiger partial charge < -0.3 is 14.8 Å². The van der Waals surface area contributed by atoms with E-state index in [1.54, 1.807) is 44.2 Å². The Labute approximate surface area is 268 Å². The van der Waals surface area contributed by atoms with Gasteiger partial charge >= 0.3 is 18.7 Å². The first kappa shape index (κ1) is 36.1. The lowest BCUT2D eigenvalue weighted by atomic mass is 9.77. The predicted molar refractivity (Wildman–Crippen MR) is 155 cm³/mol. The van der Waals surface area contributed by atoms with Gasteiger partial charge in [-0.25, -0.2) is 13.2 Å². The summed E-state index contributed by atoms with van der Waals surface area (Å²) >= 11 is 0. The molecule has 48 heavy (non-hydrogen) atoms. The summed E-state index contributed by atoms with van der Waals surface area (Å²) in [5.74, 6) is -6.66. The summed E-state index contributed by atoms with van der Waals surface area (Å²) in [6.07, 6.45) is -15.0. The average molecular weight is 688 g/mol. The molecular formula is C34H27F10NO3. The van der Waals surface area contributed by atoms with Gasteiger partial charge in [-0.05, 0) is 65.1 Å². The van der Waals surface area contributed by atoms with Crippen LogP contribution in [0, 0.1) is 23.4 Å². The topological polar surface area (TPSA) is 47.6 Å². The Bertz CT molecular complexity index is 1750. The Morgan fingerprint density at radius 1 is 0.792 bits per heavy atom. The van der Waals surface area contributed by atoms with Crippen LogP contribution in [0.3, 0.4) is 0 Å². The van der Waals surface area contributed by atoms with E-state index < -0.39 is 76.5 Å². The van der Waals surface area contributed by atoms with Crippen molar-refractivity contribution < 1.29 is 58.2 Å². The first-order chi connectivity index (χ1) is 22.4. The first-order valence-corrected chi connectivity index (χ1v) is 14.2. The molecule has 0 aliphatic heterocycles. The smallest absolute Gasteiger partial charge is 0.461 e. The van der Waals surface area contributed by atoms with E-state index in [0.717, 1.165) is 36.4 Å². The van der Waals surface area contributed by atoms with Crippen LogP contribution in [0.1, 0.15) is 46.5 Å². The molecular weight excluding hydrogens is 660 g/mol. The van der Waals surface area contributed by atoms with Gasteiger partial charge in [-0.3, -0.25) is 4.79 Å². The van der Waals surface area contributed by atoms with Crippen LogP contribution in [0.2, 0.25) is 0 Å². The van der Waals surface area contributed by atoms with Crippen LogP contribution in [-0.4, -0.2) is 25.0 Å². The predicted octanol–water partition coefficient (Wildman–Crippen LogP) is 9.31. The van der Waals surface area contributed by atoms with Crippen LogP contribution >= 0.6 is 0 Å². The van der Waals surface area contributed by atoms with Gasteiger partial charge in [0, 0.05) is 18.1 Å². The lowest BCUT2D eigenvalue weighted by Gasteiger charge is -2.37. The lowest BCUT2D eigenvalue weighted by Crippen LogP contribution is -2.49. The van der Waals surface area contributed by atoms with E-state index in [9.17, 15) is 44.3 Å². The van der Waals surface area contributed by atoms with E-state index in [2.05, 4.69) is 10.1 Å². The van der Waals surface area contributed by atoms with Crippen LogP contribution < -0.4 is 14.8 Å². The molecule has 0 heterocycles. The maximum absolute atomic E-state index is 15.2. The number of carbonyl (C=O) groups is 1. The maximum atomic E-state index is 15.2. The molecule has 4 nitrogen and oxygen atoms in total. The van der Waals surface area contributed by atoms with E-state index in [0.29, 0.717) is 17.7 Å². The number of rotatable bonds is 12. The molecule has 1 atom stereocenters. The van der Waals surface area contributed by atoms with E-state index >= 15 is 4.39 Å². The molecule has 0 saturated carbocycles. The minimum atomic E-state index is -5.20. The van der Waals surface area contributed by atoms with Gasteiger partial charge in [-0.1, -0.05) is 50.2 Å². The van der Waals surface area contributed by atoms with Crippen LogP contribution in [0.5, 0.6) is 11.5 Å². The van der Waals surface area contributed by atoms with Crippen molar-refractivity contribution in [3.8, 4) is 11.5 Å². The summed E-state index contributed by atoms with van der Waals surface area (Å²) in [6.45, 7) is 3.54. The number of benzene rings is 4. The molecule has 0 radical (unpaired) electrons. The first-order valence-electron chi connectivity index (χ1n) is 14.2. The van der Waals surface area contributed by atoms with Crippen molar-refractivity contribution in [2.24, 2.45) is 5.92 Å². The van der Waals surface area contributed by atoms with E-state index in [-0.39, 0.29) is 29.9 Å². The molecule has 0 aliphatic rings. The third kappa shape index (κ3) is 8.39. The number of alkyl halides is 7. The minimum Gasteiger partial charge on any atom is -0.490 e. The Morgan fingerprint density at radius 2 is 1.46 bits per heavy atom. The number of carbonyl (C=O) groups excluding carboxylic acids is 1. The molecule has 0 bridgehead atoms. The Morgan fingerprint density at radius 3 is 2.08 bits per heavy atom. The normalized spacial score (nSPS) is 13.4. The number of nitrogens with one attached hydrogen (secondary N) is 1. The van der Waals surface area contributed by atoms with E-state index in [4.69, 9.17) is 4.74 Å². The molecule has 0 unspecified atom stereocenters. The number of hydrogen-bond donors (Lipinski definition) is 1. The van der Waals surface area contributed by atoms with Crippen molar-refractivity contribution in [2.45, 2.75) is 44.5 Å². The van der Waals surface area contributed by atoms with Crippen molar-refractivity contribution in [3.63, 3.8) is 0 Å². The number of ether oxygens (including phenoxy) is 2. The molecule has 14 heteroatoms. The summed E-state index contributed by atoms with van der Waals surface area (Å²) in [6, 6.07) is 14.3. The van der Waals surface area contributed by atoms with Gasteiger partial charge in [0.2, 0.25) is 0 Å². The average Bonchev–Trinajstić information content (AvgIpc) is 2.99. The van der Waals surface area contributed by atoms with Crippen LogP contribution in [0.4, 0.5) is 43.9 Å². The molecule has 4 aromatic carbocycles. The zero-order chi connectivity index (χ0) is 35.4. The second kappa shape index (κ2) is 14.2. The van der Waals surface area contributed by atoms with E-state index in [1.807, 2.05) is 0 Å². The molecule has 4 aromatic rings. The zero-order valence-corrected chi connectivity index (χ0v) is 25.2. The summed E-state index contributed by atoms with van der Waals surface area (Å²) < 4.78 is 149. The fourth-order valence-corrected chi connectivity index (χ4v) is 4.82. The monoisotopic (exact) mass is 687 g/mol. The standard InChI is InChI=1S/C34H27F10NO3/c1-19(2)18-47-29-15-22(9-11-28(29)37)32(17-20-6-4-3-5-7-20,23-13-24(35)16-25(14-23)48-34(43,44)31(38)39)45-30(46)21-8-10-27(36)26(12-21)33(40,41)42/h3-16,19,31H,17-18H2,1-2H3,(H,45,46)/t32-/m1/s1. The van der Waals surface area contributed by atoms with Crippen LogP contribution in [0.15, 0.2) is 84.9 Å². The minimum absolute atomic E-state index is 0.00881. The molecule has 0 fully saturated rings. The lowest BCUT2D eigenvalue weighted by molar-refractivity contribution is -0.253. The molecule has 0 saturated heterocycles. The van der Waals surface area contributed by atoms with Gasteiger partial charge in [0.05, 0.1) is 17.7 Å². The SMILES string of the molecule is CC(C)COc1cc([C@@](Cc2ccccc2)(NC(=O)c2ccc(F)c(C(F)(F)F)c2)c2cc(F)cc(OC(F)(F)C(F)F)c2)ccc1F. The van der Waals surface area contributed by atoms with Crippen molar-refractivity contribution >= 4 is 5.91 Å². The highest BCUT2D eigenvalue weighted by Gasteiger charge is 2.45. The maximum Gasteiger partial charge on any atom is 0.461 e. The number of halogens is 10. The fourth-order valence-electron chi connectivity index (χ4n) is 4.82. The van der Waals surface area contributed by atoms with Crippen molar-refractivity contribution in [3.05, 3.63) is 130 Å². The van der Waals surface area contributed by atoms with Gasteiger partial charge in [0.25, 0.3) is 5.91 Å². The highest BCUT2D eigenvalue weighted by atomic mass is 19.4. The van der Waals surface area contributed by atoms with Crippen molar-refractivity contribution in [1.29, 1.82) is 0 Å². The summed E-state index contributed by atoms with van der Waals surface area (Å²) in [5.41, 5.74) is -4.78. The van der Waals surface area contributed by atoms with Crippen molar-refractivity contribution in [1.82, 2.24) is 5.32 Å².